The van der Waals surface area contributed by atoms with E-state index in [0.29, 0.717) is 5.56 Å². The van der Waals surface area contributed by atoms with Crippen LogP contribution >= 0.6 is 0 Å². The zero-order valence-corrected chi connectivity index (χ0v) is 13.8. The van der Waals surface area contributed by atoms with Crippen LogP contribution in [0.4, 0.5) is 11.4 Å². The molecule has 4 nitrogen and oxygen atoms in total. The van der Waals surface area contributed by atoms with Crippen molar-refractivity contribution in [3.8, 4) is 0 Å². The second-order valence-electron chi connectivity index (χ2n) is 6.56. The van der Waals surface area contributed by atoms with Crippen molar-refractivity contribution in [3.05, 3.63) is 53.3 Å². The number of pyridine rings is 1. The van der Waals surface area contributed by atoms with Gasteiger partial charge in [0.15, 0.2) is 0 Å². The molecule has 1 heterocycles. The van der Waals surface area contributed by atoms with Gasteiger partial charge in [0.05, 0.1) is 17.4 Å². The Morgan fingerprint density at radius 1 is 1.09 bits per heavy atom. The maximum Gasteiger partial charge on any atom is 0.253 e. The van der Waals surface area contributed by atoms with Crippen LogP contribution in [0.3, 0.4) is 0 Å². The third-order valence-electron chi connectivity index (χ3n) is 3.24. The molecule has 0 aliphatic rings. The molecule has 2 aromatic rings. The van der Waals surface area contributed by atoms with Gasteiger partial charge < -0.3 is 10.6 Å². The number of hydrogen-bond donors (Lipinski definition) is 2. The molecule has 1 aromatic heterocycles. The first-order valence-corrected chi connectivity index (χ1v) is 7.37. The van der Waals surface area contributed by atoms with Crippen LogP contribution in [0.25, 0.3) is 0 Å². The summed E-state index contributed by atoms with van der Waals surface area (Å²) in [5.74, 6) is -0.120. The van der Waals surface area contributed by atoms with E-state index < -0.39 is 0 Å². The lowest BCUT2D eigenvalue weighted by atomic mass is 10.1. The van der Waals surface area contributed by atoms with Gasteiger partial charge in [0.2, 0.25) is 0 Å². The van der Waals surface area contributed by atoms with E-state index in [1.54, 1.807) is 12.4 Å². The Morgan fingerprint density at radius 2 is 1.73 bits per heavy atom. The van der Waals surface area contributed by atoms with Crippen LogP contribution in [0, 0.1) is 13.8 Å². The molecular formula is C18H23N3O. The summed E-state index contributed by atoms with van der Waals surface area (Å²) in [7, 11) is 0. The monoisotopic (exact) mass is 297 g/mol. The molecule has 0 aliphatic carbocycles. The molecule has 0 spiro atoms. The van der Waals surface area contributed by atoms with E-state index in [9.17, 15) is 4.79 Å². The number of anilines is 2. The zero-order valence-electron chi connectivity index (χ0n) is 13.8. The molecule has 1 amide bonds. The lowest BCUT2D eigenvalue weighted by Gasteiger charge is -2.20. The summed E-state index contributed by atoms with van der Waals surface area (Å²) in [6.45, 7) is 9.98. The Morgan fingerprint density at radius 3 is 2.32 bits per heavy atom. The zero-order chi connectivity index (χ0) is 16.3. The number of carbonyl (C=O) groups is 1. The fourth-order valence-corrected chi connectivity index (χ4v) is 2.20. The molecule has 4 heteroatoms. The van der Waals surface area contributed by atoms with Crippen LogP contribution in [0.2, 0.25) is 0 Å². The fraction of sp³-hybridized carbons (Fsp3) is 0.333. The Kier molecular flexibility index (Phi) is 4.50. The van der Waals surface area contributed by atoms with Gasteiger partial charge in [0.25, 0.3) is 5.91 Å². The van der Waals surface area contributed by atoms with E-state index in [1.807, 2.05) is 32.9 Å². The van der Waals surface area contributed by atoms with Crippen molar-refractivity contribution in [2.24, 2.45) is 0 Å². The summed E-state index contributed by atoms with van der Waals surface area (Å²) < 4.78 is 0. The van der Waals surface area contributed by atoms with Gasteiger partial charge in [-0.25, -0.2) is 0 Å². The number of hydrogen-bond acceptors (Lipinski definition) is 3. The van der Waals surface area contributed by atoms with Gasteiger partial charge in [0.1, 0.15) is 0 Å². The topological polar surface area (TPSA) is 54.0 Å². The lowest BCUT2D eigenvalue weighted by molar-refractivity contribution is 0.0919. The van der Waals surface area contributed by atoms with Crippen molar-refractivity contribution in [1.82, 2.24) is 10.3 Å². The number of para-hydroxylation sites is 1. The van der Waals surface area contributed by atoms with E-state index in [4.69, 9.17) is 0 Å². The predicted octanol–water partition coefficient (Wildman–Crippen LogP) is 3.97. The van der Waals surface area contributed by atoms with Crippen molar-refractivity contribution in [1.29, 1.82) is 0 Å². The summed E-state index contributed by atoms with van der Waals surface area (Å²) in [6.07, 6.45) is 3.30. The standard InChI is InChI=1S/C18H23N3O/c1-12-7-6-8-13(2)16(12)20-15-9-14(10-19-11-15)17(22)21-18(3,4)5/h6-11,20H,1-5H3,(H,21,22). The summed E-state index contributed by atoms with van der Waals surface area (Å²) in [4.78, 5) is 16.4. The number of amides is 1. The van der Waals surface area contributed by atoms with Crippen molar-refractivity contribution < 1.29 is 4.79 Å². The van der Waals surface area contributed by atoms with Crippen LogP contribution < -0.4 is 10.6 Å². The van der Waals surface area contributed by atoms with Crippen LogP contribution in [0.1, 0.15) is 42.3 Å². The third-order valence-corrected chi connectivity index (χ3v) is 3.24. The first-order chi connectivity index (χ1) is 10.3. The summed E-state index contributed by atoms with van der Waals surface area (Å²) >= 11 is 0. The fourth-order valence-electron chi connectivity index (χ4n) is 2.20. The Bertz CT molecular complexity index is 667. The first-order valence-electron chi connectivity index (χ1n) is 7.37. The molecule has 0 atom stereocenters. The van der Waals surface area contributed by atoms with E-state index >= 15 is 0 Å². The van der Waals surface area contributed by atoms with Crippen LogP contribution in [-0.2, 0) is 0 Å². The van der Waals surface area contributed by atoms with Crippen LogP contribution in [0.5, 0.6) is 0 Å². The maximum atomic E-state index is 12.2. The second kappa shape index (κ2) is 6.18. The molecule has 0 radical (unpaired) electrons. The molecule has 1 aromatic carbocycles. The van der Waals surface area contributed by atoms with Gasteiger partial charge >= 0.3 is 0 Å². The summed E-state index contributed by atoms with van der Waals surface area (Å²) in [5.41, 5.74) is 4.45. The van der Waals surface area contributed by atoms with Gasteiger partial charge in [-0.05, 0) is 51.8 Å². The molecular weight excluding hydrogens is 274 g/mol. The quantitative estimate of drug-likeness (QED) is 0.901. The summed E-state index contributed by atoms with van der Waals surface area (Å²) in [6, 6.07) is 7.96. The van der Waals surface area contributed by atoms with E-state index in [1.165, 1.54) is 0 Å². The Hall–Kier alpha value is -2.36. The number of benzene rings is 1. The van der Waals surface area contributed by atoms with Gasteiger partial charge in [-0.15, -0.1) is 0 Å². The average molecular weight is 297 g/mol. The van der Waals surface area contributed by atoms with Crippen LogP contribution in [-0.4, -0.2) is 16.4 Å². The molecule has 0 saturated carbocycles. The normalized spacial score (nSPS) is 11.1. The molecule has 0 fully saturated rings. The molecule has 116 valence electrons. The van der Waals surface area contributed by atoms with Crippen LogP contribution in [0.15, 0.2) is 36.7 Å². The first kappa shape index (κ1) is 16.0. The lowest BCUT2D eigenvalue weighted by Crippen LogP contribution is -2.40. The SMILES string of the molecule is Cc1cccc(C)c1Nc1cncc(C(=O)NC(C)(C)C)c1. The predicted molar refractivity (Wildman–Crippen MR) is 90.7 cm³/mol. The average Bonchev–Trinajstić information content (AvgIpc) is 2.41. The van der Waals surface area contributed by atoms with Crippen molar-refractivity contribution in [3.63, 3.8) is 0 Å². The van der Waals surface area contributed by atoms with Crippen molar-refractivity contribution >= 4 is 17.3 Å². The highest BCUT2D eigenvalue weighted by Crippen LogP contribution is 2.24. The van der Waals surface area contributed by atoms with E-state index in [2.05, 4.69) is 41.6 Å². The highest BCUT2D eigenvalue weighted by molar-refractivity contribution is 5.95. The van der Waals surface area contributed by atoms with Crippen molar-refractivity contribution in [2.45, 2.75) is 40.2 Å². The summed E-state index contributed by atoms with van der Waals surface area (Å²) in [5, 5.41) is 6.30. The molecule has 22 heavy (non-hydrogen) atoms. The third kappa shape index (κ3) is 4.07. The smallest absolute Gasteiger partial charge is 0.253 e. The minimum atomic E-state index is -0.271. The number of aryl methyl sites for hydroxylation is 2. The van der Waals surface area contributed by atoms with Gasteiger partial charge in [-0.3, -0.25) is 9.78 Å². The highest BCUT2D eigenvalue weighted by Gasteiger charge is 2.16. The van der Waals surface area contributed by atoms with Gasteiger partial charge in [0, 0.05) is 17.4 Å². The van der Waals surface area contributed by atoms with E-state index in [-0.39, 0.29) is 11.4 Å². The molecule has 0 saturated heterocycles. The molecule has 0 unspecified atom stereocenters. The Balaban J connectivity index is 2.24. The van der Waals surface area contributed by atoms with Gasteiger partial charge in [-0.2, -0.15) is 0 Å². The molecule has 2 N–H and O–H groups in total. The largest absolute Gasteiger partial charge is 0.354 e. The molecule has 0 aliphatic heterocycles. The number of aromatic nitrogens is 1. The number of nitrogens with zero attached hydrogens (tertiary/aromatic N) is 1. The van der Waals surface area contributed by atoms with E-state index in [0.717, 1.165) is 22.5 Å². The Labute approximate surface area is 132 Å². The second-order valence-corrected chi connectivity index (χ2v) is 6.56. The minimum Gasteiger partial charge on any atom is -0.354 e. The highest BCUT2D eigenvalue weighted by atomic mass is 16.1. The molecule has 2 rings (SSSR count). The maximum absolute atomic E-state index is 12.2. The van der Waals surface area contributed by atoms with Gasteiger partial charge in [-0.1, -0.05) is 18.2 Å². The number of rotatable bonds is 3. The number of carbonyl (C=O) groups excluding carboxylic acids is 1. The molecule has 0 bridgehead atoms. The number of nitrogens with one attached hydrogen (secondary N) is 2. The van der Waals surface area contributed by atoms with Crippen molar-refractivity contribution in [2.75, 3.05) is 5.32 Å². The minimum absolute atomic E-state index is 0.120.